The van der Waals surface area contributed by atoms with Crippen molar-refractivity contribution in [3.8, 4) is 0 Å². The van der Waals surface area contributed by atoms with Crippen molar-refractivity contribution < 1.29 is 8.78 Å². The van der Waals surface area contributed by atoms with Crippen molar-refractivity contribution in [3.63, 3.8) is 0 Å². The molecule has 1 nitrogen and oxygen atoms in total. The van der Waals surface area contributed by atoms with Crippen LogP contribution in [-0.2, 0) is 6.04 Å². The largest absolute Gasteiger partial charge is 0.333 e. The highest BCUT2D eigenvalue weighted by Crippen LogP contribution is 2.17. The Labute approximate surface area is 90.3 Å². The van der Waals surface area contributed by atoms with Gasteiger partial charge >= 0.3 is 0 Å². The van der Waals surface area contributed by atoms with Crippen LogP contribution in [0.2, 0.25) is 12.6 Å². The highest BCUT2D eigenvalue weighted by atomic mass is 28.3. The van der Waals surface area contributed by atoms with Crippen molar-refractivity contribution in [2.75, 3.05) is 6.17 Å². The van der Waals surface area contributed by atoms with Crippen LogP contribution in [0.15, 0.2) is 18.2 Å². The van der Waals surface area contributed by atoms with E-state index in [1.54, 1.807) is 6.07 Å². The predicted octanol–water partition coefficient (Wildman–Crippen LogP) is 2.64. The molecule has 0 aliphatic rings. The van der Waals surface area contributed by atoms with E-state index in [0.717, 1.165) is 17.7 Å². The second-order valence-electron chi connectivity index (χ2n) is 4.29. The molecule has 2 N–H and O–H groups in total. The van der Waals surface area contributed by atoms with Gasteiger partial charge in [0.1, 0.15) is 0 Å². The van der Waals surface area contributed by atoms with Gasteiger partial charge in [-0.15, -0.1) is 0 Å². The van der Waals surface area contributed by atoms with Crippen LogP contribution in [0.4, 0.5) is 8.78 Å². The van der Waals surface area contributed by atoms with Crippen LogP contribution < -0.4 is 5.73 Å². The van der Waals surface area contributed by atoms with Gasteiger partial charge in [-0.2, -0.15) is 0 Å². The summed E-state index contributed by atoms with van der Waals surface area (Å²) >= 11 is 0. The predicted molar refractivity (Wildman–Crippen MR) is 61.2 cm³/mol. The zero-order chi connectivity index (χ0) is 11.5. The van der Waals surface area contributed by atoms with Crippen molar-refractivity contribution >= 4 is 8.07 Å². The molecular formula is C11H17F2NSi. The van der Waals surface area contributed by atoms with Gasteiger partial charge in [-0.25, -0.2) is 8.78 Å². The molecule has 1 unspecified atom stereocenters. The van der Waals surface area contributed by atoms with Crippen molar-refractivity contribution in [3.05, 3.63) is 35.4 Å². The fraction of sp³-hybridized carbons (Fsp3) is 0.455. The Bertz CT molecular complexity index is 337. The lowest BCUT2D eigenvalue weighted by atomic mass is 10.2. The Morgan fingerprint density at radius 3 is 2.40 bits per heavy atom. The third-order valence-electron chi connectivity index (χ3n) is 2.96. The standard InChI is InChI=1S/C11H17F2NSi/c1-3-15(2,8-14)7-9-4-5-10(12)11(13)6-9/h4-6H,3,7-8,14H2,1-2H3. The lowest BCUT2D eigenvalue weighted by molar-refractivity contribution is 0.507. The van der Waals surface area contributed by atoms with Crippen LogP contribution in [0.1, 0.15) is 12.5 Å². The summed E-state index contributed by atoms with van der Waals surface area (Å²) in [7, 11) is -1.49. The van der Waals surface area contributed by atoms with E-state index in [9.17, 15) is 8.78 Å². The molecule has 15 heavy (non-hydrogen) atoms. The van der Waals surface area contributed by atoms with Crippen LogP contribution in [0.3, 0.4) is 0 Å². The van der Waals surface area contributed by atoms with Crippen LogP contribution in [0.25, 0.3) is 0 Å². The van der Waals surface area contributed by atoms with Gasteiger partial charge in [0, 0.05) is 0 Å². The summed E-state index contributed by atoms with van der Waals surface area (Å²) in [5.41, 5.74) is 6.58. The number of hydrogen-bond acceptors (Lipinski definition) is 1. The minimum absolute atomic E-state index is 0.683. The molecule has 0 amide bonds. The molecule has 0 heterocycles. The minimum Gasteiger partial charge on any atom is -0.333 e. The summed E-state index contributed by atoms with van der Waals surface area (Å²) in [6.07, 6.45) is 0.683. The first-order chi connectivity index (χ1) is 7.00. The van der Waals surface area contributed by atoms with Crippen LogP contribution in [0.5, 0.6) is 0 Å². The van der Waals surface area contributed by atoms with Crippen LogP contribution in [-0.4, -0.2) is 14.2 Å². The summed E-state index contributed by atoms with van der Waals surface area (Å²) in [5.74, 6) is -1.55. The number of rotatable bonds is 4. The second kappa shape index (κ2) is 4.85. The van der Waals surface area contributed by atoms with Gasteiger partial charge in [-0.1, -0.05) is 25.6 Å². The average Bonchev–Trinajstić information content (AvgIpc) is 2.23. The van der Waals surface area contributed by atoms with Gasteiger partial charge in [0.2, 0.25) is 0 Å². The van der Waals surface area contributed by atoms with Crippen LogP contribution >= 0.6 is 0 Å². The SMILES string of the molecule is CC[Si](C)(CN)Cc1ccc(F)c(F)c1. The molecule has 0 aliphatic heterocycles. The monoisotopic (exact) mass is 229 g/mol. The Morgan fingerprint density at radius 1 is 1.27 bits per heavy atom. The van der Waals surface area contributed by atoms with Crippen molar-refractivity contribution in [2.24, 2.45) is 5.73 Å². The first kappa shape index (κ1) is 12.3. The highest BCUT2D eigenvalue weighted by Gasteiger charge is 2.23. The Morgan fingerprint density at radius 2 is 1.93 bits per heavy atom. The summed E-state index contributed by atoms with van der Waals surface area (Å²) in [6.45, 7) is 4.30. The van der Waals surface area contributed by atoms with Gasteiger partial charge in [-0.05, 0) is 29.9 Å². The van der Waals surface area contributed by atoms with Crippen molar-refractivity contribution in [2.45, 2.75) is 25.6 Å². The molecule has 0 radical (unpaired) electrons. The zero-order valence-electron chi connectivity index (χ0n) is 9.19. The summed E-state index contributed by atoms with van der Waals surface area (Å²) in [4.78, 5) is 0. The van der Waals surface area contributed by atoms with Gasteiger partial charge in [-0.3, -0.25) is 0 Å². The van der Waals surface area contributed by atoms with E-state index in [4.69, 9.17) is 5.73 Å². The normalized spacial score (nSPS) is 15.0. The Hall–Kier alpha value is -0.743. The topological polar surface area (TPSA) is 26.0 Å². The number of hydrogen-bond donors (Lipinski definition) is 1. The molecule has 1 aromatic carbocycles. The lowest BCUT2D eigenvalue weighted by Gasteiger charge is -2.23. The molecule has 1 atom stereocenters. The third kappa shape index (κ3) is 3.11. The smallest absolute Gasteiger partial charge is 0.159 e. The van der Waals surface area contributed by atoms with E-state index >= 15 is 0 Å². The molecule has 0 aromatic heterocycles. The molecule has 0 saturated carbocycles. The van der Waals surface area contributed by atoms with Crippen molar-refractivity contribution in [1.82, 2.24) is 0 Å². The van der Waals surface area contributed by atoms with Crippen LogP contribution in [0, 0.1) is 11.6 Å². The van der Waals surface area contributed by atoms with E-state index in [1.165, 1.54) is 12.1 Å². The Balaban J connectivity index is 2.85. The minimum atomic E-state index is -1.49. The molecule has 0 spiro atoms. The molecule has 4 heteroatoms. The first-order valence-electron chi connectivity index (χ1n) is 5.15. The zero-order valence-corrected chi connectivity index (χ0v) is 10.2. The van der Waals surface area contributed by atoms with Gasteiger partial charge in [0.15, 0.2) is 11.6 Å². The average molecular weight is 229 g/mol. The van der Waals surface area contributed by atoms with E-state index < -0.39 is 19.7 Å². The highest BCUT2D eigenvalue weighted by molar-refractivity contribution is 6.78. The summed E-state index contributed by atoms with van der Waals surface area (Å²) < 4.78 is 25.7. The molecule has 0 bridgehead atoms. The fourth-order valence-corrected chi connectivity index (χ4v) is 3.37. The first-order valence-corrected chi connectivity index (χ1v) is 8.27. The van der Waals surface area contributed by atoms with E-state index in [0.29, 0.717) is 6.17 Å². The molecule has 0 fully saturated rings. The lowest BCUT2D eigenvalue weighted by Crippen LogP contribution is -2.42. The summed E-state index contributed by atoms with van der Waals surface area (Å²) in [5, 5.41) is 0. The molecular weight excluding hydrogens is 212 g/mol. The molecule has 84 valence electrons. The Kier molecular flexibility index (Phi) is 3.99. The van der Waals surface area contributed by atoms with E-state index in [1.807, 2.05) is 0 Å². The molecule has 1 rings (SSSR count). The van der Waals surface area contributed by atoms with Gasteiger partial charge in [0.25, 0.3) is 0 Å². The quantitative estimate of drug-likeness (QED) is 0.789. The number of benzene rings is 1. The van der Waals surface area contributed by atoms with Gasteiger partial charge in [0.05, 0.1) is 8.07 Å². The molecule has 1 aromatic rings. The van der Waals surface area contributed by atoms with Crippen molar-refractivity contribution in [1.29, 1.82) is 0 Å². The molecule has 0 aliphatic carbocycles. The summed E-state index contributed by atoms with van der Waals surface area (Å²) in [6, 6.07) is 5.99. The number of nitrogens with two attached hydrogens (primary N) is 1. The van der Waals surface area contributed by atoms with E-state index in [-0.39, 0.29) is 0 Å². The maximum atomic E-state index is 13.0. The fourth-order valence-electron chi connectivity index (χ4n) is 1.48. The maximum absolute atomic E-state index is 13.0. The second-order valence-corrected chi connectivity index (χ2v) is 9.38. The number of halogens is 2. The van der Waals surface area contributed by atoms with E-state index in [2.05, 4.69) is 13.5 Å². The maximum Gasteiger partial charge on any atom is 0.159 e. The molecule has 0 saturated heterocycles. The van der Waals surface area contributed by atoms with Gasteiger partial charge < -0.3 is 5.73 Å². The third-order valence-corrected chi connectivity index (χ3v) is 6.92.